The number of carbonyl (C=O) groups excluding carboxylic acids is 3. The van der Waals surface area contributed by atoms with Crippen LogP contribution in [-0.4, -0.2) is 44.3 Å². The number of urea groups is 1. The van der Waals surface area contributed by atoms with Gasteiger partial charge in [-0.2, -0.15) is 0 Å². The fraction of sp³-hybridized carbons (Fsp3) is 0.286. The number of ether oxygens (including phenoxy) is 1. The van der Waals surface area contributed by atoms with Crippen LogP contribution in [0.5, 0.6) is 5.75 Å². The van der Waals surface area contributed by atoms with Crippen molar-refractivity contribution in [1.82, 2.24) is 15.5 Å². The minimum Gasteiger partial charge on any atom is -0.497 e. The Hall–Kier alpha value is -3.44. The number of rotatable bonds is 9. The molecule has 0 aliphatic carbocycles. The second-order valence-electron chi connectivity index (χ2n) is 7.28. The van der Waals surface area contributed by atoms with Crippen molar-refractivity contribution in [2.24, 2.45) is 5.14 Å². The van der Waals surface area contributed by atoms with Crippen molar-refractivity contribution >= 4 is 27.9 Å². The smallest absolute Gasteiger partial charge is 0.325 e. The Bertz CT molecular complexity index is 1100. The number of primary sulfonamides is 1. The molecular formula is C21H24N4O6S. The molecule has 1 heterocycles. The minimum absolute atomic E-state index is 0.0118. The second-order valence-corrected chi connectivity index (χ2v) is 8.84. The molecule has 1 saturated heterocycles. The predicted octanol–water partition coefficient (Wildman–Crippen LogP) is 0.860. The number of sulfonamides is 1. The van der Waals surface area contributed by atoms with Crippen molar-refractivity contribution in [3.8, 4) is 5.75 Å². The first-order valence-electron chi connectivity index (χ1n) is 9.80. The van der Waals surface area contributed by atoms with Gasteiger partial charge in [0, 0.05) is 13.0 Å². The largest absolute Gasteiger partial charge is 0.497 e. The van der Waals surface area contributed by atoms with Gasteiger partial charge in [-0.15, -0.1) is 0 Å². The van der Waals surface area contributed by atoms with Gasteiger partial charge in [0.1, 0.15) is 11.8 Å². The molecule has 1 fully saturated rings. The van der Waals surface area contributed by atoms with Gasteiger partial charge in [-0.25, -0.2) is 18.4 Å². The Morgan fingerprint density at radius 1 is 1.09 bits per heavy atom. The molecule has 1 aliphatic rings. The molecule has 11 heteroatoms. The van der Waals surface area contributed by atoms with E-state index in [1.165, 1.54) is 12.1 Å². The van der Waals surface area contributed by atoms with E-state index < -0.39 is 22.1 Å². The van der Waals surface area contributed by atoms with Gasteiger partial charge in [0.2, 0.25) is 15.9 Å². The van der Waals surface area contributed by atoms with Crippen LogP contribution in [0.2, 0.25) is 0 Å². The molecule has 3 rings (SSSR count). The van der Waals surface area contributed by atoms with Crippen molar-refractivity contribution in [2.75, 3.05) is 7.11 Å². The number of methoxy groups -OCH3 is 1. The van der Waals surface area contributed by atoms with Crippen LogP contribution < -0.4 is 20.5 Å². The Balaban J connectivity index is 1.47. The van der Waals surface area contributed by atoms with Gasteiger partial charge in [-0.3, -0.25) is 14.5 Å². The van der Waals surface area contributed by atoms with Crippen LogP contribution >= 0.6 is 0 Å². The summed E-state index contributed by atoms with van der Waals surface area (Å²) in [5.74, 6) is 0.00331. The molecule has 10 nitrogen and oxygen atoms in total. The van der Waals surface area contributed by atoms with Crippen molar-refractivity contribution in [2.45, 2.75) is 36.9 Å². The van der Waals surface area contributed by atoms with Gasteiger partial charge in [0.05, 0.1) is 18.6 Å². The van der Waals surface area contributed by atoms with Crippen LogP contribution in [0.3, 0.4) is 0 Å². The number of carbonyl (C=O) groups is 3. The standard InChI is InChI=1S/C21H24N4O6S/c1-31-16-6-2-15(3-7-16)13-25-20(27)18(24-21(25)28)10-11-19(26)23-12-14-4-8-17(9-5-14)32(22,29)30/h2-9,18H,10-13H2,1H3,(H,23,26)(H,24,28)(H2,22,29,30)/t18-/m0/s1. The first kappa shape index (κ1) is 23.2. The van der Waals surface area contributed by atoms with Gasteiger partial charge >= 0.3 is 6.03 Å². The van der Waals surface area contributed by atoms with Gasteiger partial charge in [-0.05, 0) is 41.8 Å². The zero-order valence-corrected chi connectivity index (χ0v) is 18.2. The lowest BCUT2D eigenvalue weighted by Crippen LogP contribution is -2.32. The molecule has 0 aromatic heterocycles. The summed E-state index contributed by atoms with van der Waals surface area (Å²) in [5.41, 5.74) is 1.47. The van der Waals surface area contributed by atoms with E-state index in [0.717, 1.165) is 10.5 Å². The third-order valence-corrected chi connectivity index (χ3v) is 5.94. The molecule has 32 heavy (non-hydrogen) atoms. The Morgan fingerprint density at radius 2 is 1.72 bits per heavy atom. The highest BCUT2D eigenvalue weighted by molar-refractivity contribution is 7.89. The number of amides is 4. The predicted molar refractivity (Wildman–Crippen MR) is 115 cm³/mol. The average Bonchev–Trinajstić information content (AvgIpc) is 3.04. The zero-order valence-electron chi connectivity index (χ0n) is 17.4. The number of nitrogens with zero attached hydrogens (tertiary/aromatic N) is 1. The normalized spacial score (nSPS) is 16.1. The Kier molecular flexibility index (Phi) is 7.11. The quantitative estimate of drug-likeness (QED) is 0.473. The van der Waals surface area contributed by atoms with E-state index >= 15 is 0 Å². The topological polar surface area (TPSA) is 148 Å². The number of nitrogens with one attached hydrogen (secondary N) is 2. The summed E-state index contributed by atoms with van der Waals surface area (Å²) in [7, 11) is -2.22. The summed E-state index contributed by atoms with van der Waals surface area (Å²) in [6.45, 7) is 0.324. The van der Waals surface area contributed by atoms with Gasteiger partial charge < -0.3 is 15.4 Å². The SMILES string of the molecule is COc1ccc(CN2C(=O)N[C@@H](CCC(=O)NCc3ccc(S(N)(=O)=O)cc3)C2=O)cc1. The highest BCUT2D eigenvalue weighted by atomic mass is 32.2. The summed E-state index contributed by atoms with van der Waals surface area (Å²) in [6.07, 6.45) is 0.211. The van der Waals surface area contributed by atoms with Crippen molar-refractivity contribution in [3.05, 3.63) is 59.7 Å². The molecule has 0 bridgehead atoms. The maximum absolute atomic E-state index is 12.6. The number of hydrogen-bond donors (Lipinski definition) is 3. The van der Waals surface area contributed by atoms with E-state index in [0.29, 0.717) is 11.3 Å². The zero-order chi connectivity index (χ0) is 23.3. The summed E-state index contributed by atoms with van der Waals surface area (Å²) in [4.78, 5) is 38.0. The molecule has 2 aromatic carbocycles. The summed E-state index contributed by atoms with van der Waals surface area (Å²) >= 11 is 0. The van der Waals surface area contributed by atoms with Crippen LogP contribution in [0.15, 0.2) is 53.4 Å². The molecule has 0 unspecified atom stereocenters. The van der Waals surface area contributed by atoms with E-state index in [2.05, 4.69) is 10.6 Å². The average molecular weight is 461 g/mol. The summed E-state index contributed by atoms with van der Waals surface area (Å²) < 4.78 is 27.6. The van der Waals surface area contributed by atoms with E-state index in [4.69, 9.17) is 9.88 Å². The fourth-order valence-corrected chi connectivity index (χ4v) is 3.71. The number of benzene rings is 2. The first-order chi connectivity index (χ1) is 15.2. The highest BCUT2D eigenvalue weighted by Crippen LogP contribution is 2.17. The third-order valence-electron chi connectivity index (χ3n) is 5.01. The Labute approximate surface area is 185 Å². The Morgan fingerprint density at radius 3 is 2.31 bits per heavy atom. The molecular weight excluding hydrogens is 436 g/mol. The number of imide groups is 1. The number of nitrogens with two attached hydrogens (primary N) is 1. The fourth-order valence-electron chi connectivity index (χ4n) is 3.20. The molecule has 2 aromatic rings. The number of hydrogen-bond acceptors (Lipinski definition) is 6. The molecule has 4 amide bonds. The maximum Gasteiger partial charge on any atom is 0.325 e. The lowest BCUT2D eigenvalue weighted by Gasteiger charge is -2.13. The van der Waals surface area contributed by atoms with Crippen LogP contribution in [0.1, 0.15) is 24.0 Å². The van der Waals surface area contributed by atoms with Crippen molar-refractivity contribution in [3.63, 3.8) is 0 Å². The van der Waals surface area contributed by atoms with Gasteiger partial charge in [-0.1, -0.05) is 24.3 Å². The molecule has 0 saturated carbocycles. The lowest BCUT2D eigenvalue weighted by atomic mass is 10.1. The maximum atomic E-state index is 12.6. The van der Waals surface area contributed by atoms with Crippen molar-refractivity contribution in [1.29, 1.82) is 0 Å². The highest BCUT2D eigenvalue weighted by Gasteiger charge is 2.37. The first-order valence-corrected chi connectivity index (χ1v) is 11.4. The van der Waals surface area contributed by atoms with E-state index in [1.807, 2.05) is 0 Å². The van der Waals surface area contributed by atoms with Crippen molar-refractivity contribution < 1.29 is 27.5 Å². The van der Waals surface area contributed by atoms with Crippen LogP contribution in [0.4, 0.5) is 4.79 Å². The molecule has 0 spiro atoms. The molecule has 4 N–H and O–H groups in total. The molecule has 1 atom stereocenters. The second kappa shape index (κ2) is 9.79. The molecule has 1 aliphatic heterocycles. The molecule has 170 valence electrons. The summed E-state index contributed by atoms with van der Waals surface area (Å²) in [5, 5.41) is 10.4. The monoisotopic (exact) mass is 460 g/mol. The minimum atomic E-state index is -3.77. The lowest BCUT2D eigenvalue weighted by molar-refractivity contribution is -0.128. The van der Waals surface area contributed by atoms with Gasteiger partial charge in [0.25, 0.3) is 5.91 Å². The third kappa shape index (κ3) is 5.83. The summed E-state index contributed by atoms with van der Waals surface area (Å²) in [6, 6.07) is 11.6. The van der Waals surface area contributed by atoms with Crippen LogP contribution in [-0.2, 0) is 32.7 Å². The van der Waals surface area contributed by atoms with Gasteiger partial charge in [0.15, 0.2) is 0 Å². The van der Waals surface area contributed by atoms with E-state index in [-0.39, 0.29) is 42.6 Å². The molecule has 0 radical (unpaired) electrons. The van der Waals surface area contributed by atoms with Crippen LogP contribution in [0.25, 0.3) is 0 Å². The van der Waals surface area contributed by atoms with E-state index in [1.54, 1.807) is 43.5 Å². The van der Waals surface area contributed by atoms with Crippen LogP contribution in [0, 0.1) is 0 Å². The van der Waals surface area contributed by atoms with E-state index in [9.17, 15) is 22.8 Å².